The van der Waals surface area contributed by atoms with Crippen molar-refractivity contribution in [2.24, 2.45) is 17.8 Å². The number of allylic oxidation sites excluding steroid dienone is 4. The zero-order chi connectivity index (χ0) is 11.5. The number of rotatable bonds is 2. The molecule has 0 nitrogen and oxygen atoms in total. The molecule has 0 N–H and O–H groups in total. The minimum Gasteiger partial charge on any atom is -0.0770 e. The maximum atomic E-state index is 2.51. The van der Waals surface area contributed by atoms with Gasteiger partial charge in [0, 0.05) is 5.92 Å². The fourth-order valence-electron chi connectivity index (χ4n) is 4.28. The smallest absolute Gasteiger partial charge is 0.00140 e. The lowest BCUT2D eigenvalue weighted by Crippen LogP contribution is -2.22. The summed E-state index contributed by atoms with van der Waals surface area (Å²) in [7, 11) is 0. The summed E-state index contributed by atoms with van der Waals surface area (Å²) in [4.78, 5) is 0. The van der Waals surface area contributed by atoms with Crippen LogP contribution in [-0.4, -0.2) is 0 Å². The molecule has 0 bridgehead atoms. The summed E-state index contributed by atoms with van der Waals surface area (Å²) in [5.74, 6) is 2.75. The third-order valence-electron chi connectivity index (χ3n) is 5.23. The largest absolute Gasteiger partial charge is 0.0770 e. The number of hydrogen-bond donors (Lipinski definition) is 0. The Bertz CT molecular complexity index is 298. The molecule has 3 rings (SSSR count). The molecule has 2 fully saturated rings. The normalized spacial score (nSPS) is 31.8. The highest BCUT2D eigenvalue weighted by Crippen LogP contribution is 2.43. The van der Waals surface area contributed by atoms with E-state index in [1.807, 2.05) is 5.57 Å². The zero-order valence-corrected chi connectivity index (χ0v) is 11.0. The summed E-state index contributed by atoms with van der Waals surface area (Å²) >= 11 is 0. The third kappa shape index (κ3) is 2.51. The van der Waals surface area contributed by atoms with Crippen molar-refractivity contribution in [1.82, 2.24) is 0 Å². The van der Waals surface area contributed by atoms with Gasteiger partial charge in [-0.1, -0.05) is 62.3 Å². The Morgan fingerprint density at radius 1 is 0.765 bits per heavy atom. The van der Waals surface area contributed by atoms with Gasteiger partial charge in [0.15, 0.2) is 0 Å². The van der Waals surface area contributed by atoms with E-state index in [1.165, 1.54) is 64.2 Å². The van der Waals surface area contributed by atoms with E-state index in [0.29, 0.717) is 0 Å². The van der Waals surface area contributed by atoms with Crippen molar-refractivity contribution in [2.45, 2.75) is 64.2 Å². The van der Waals surface area contributed by atoms with E-state index < -0.39 is 0 Å². The highest BCUT2D eigenvalue weighted by Gasteiger charge is 2.30. The maximum absolute atomic E-state index is 2.51. The summed E-state index contributed by atoms with van der Waals surface area (Å²) in [6.07, 6.45) is 22.1. The molecule has 0 saturated heterocycles. The molecular formula is C17H26. The average molecular weight is 230 g/mol. The Labute approximate surface area is 106 Å². The zero-order valence-electron chi connectivity index (χ0n) is 11.0. The van der Waals surface area contributed by atoms with E-state index in [2.05, 4.69) is 18.2 Å². The van der Waals surface area contributed by atoms with Crippen LogP contribution in [0.3, 0.4) is 0 Å². The van der Waals surface area contributed by atoms with E-state index in [0.717, 1.165) is 17.8 Å². The molecule has 0 heteroatoms. The molecule has 0 aromatic heterocycles. The summed E-state index contributed by atoms with van der Waals surface area (Å²) < 4.78 is 0. The van der Waals surface area contributed by atoms with Crippen LogP contribution in [-0.2, 0) is 0 Å². The van der Waals surface area contributed by atoms with E-state index in [9.17, 15) is 0 Å². The first-order valence-electron chi connectivity index (χ1n) is 7.83. The van der Waals surface area contributed by atoms with Crippen molar-refractivity contribution < 1.29 is 0 Å². The Hall–Kier alpha value is -0.520. The standard InChI is InChI=1S/C17H26/c1-3-8-14(9-4-1)16-12-7-13-17(16)15-10-5-2-6-11-15/h7,12-16H,1-6,8-11H2. The lowest BCUT2D eigenvalue weighted by Gasteiger charge is -2.33. The Morgan fingerprint density at radius 2 is 1.41 bits per heavy atom. The molecule has 17 heavy (non-hydrogen) atoms. The fourth-order valence-corrected chi connectivity index (χ4v) is 4.28. The molecule has 2 saturated carbocycles. The van der Waals surface area contributed by atoms with Crippen LogP contribution in [0.5, 0.6) is 0 Å². The van der Waals surface area contributed by atoms with Crippen LogP contribution in [0.1, 0.15) is 64.2 Å². The molecule has 0 aliphatic heterocycles. The third-order valence-corrected chi connectivity index (χ3v) is 5.23. The van der Waals surface area contributed by atoms with Crippen LogP contribution >= 0.6 is 0 Å². The van der Waals surface area contributed by atoms with E-state index in [1.54, 1.807) is 0 Å². The molecular weight excluding hydrogens is 204 g/mol. The van der Waals surface area contributed by atoms with Crippen LogP contribution in [0.4, 0.5) is 0 Å². The summed E-state index contributed by atoms with van der Waals surface area (Å²) in [6.45, 7) is 0. The summed E-state index contributed by atoms with van der Waals surface area (Å²) in [5.41, 5.74) is 1.82. The van der Waals surface area contributed by atoms with Gasteiger partial charge in [-0.3, -0.25) is 0 Å². The second-order valence-corrected chi connectivity index (χ2v) is 6.31. The first kappa shape index (κ1) is 11.6. The van der Waals surface area contributed by atoms with E-state index in [4.69, 9.17) is 0 Å². The Morgan fingerprint density at radius 3 is 2.12 bits per heavy atom. The molecule has 0 aromatic rings. The second kappa shape index (κ2) is 5.42. The van der Waals surface area contributed by atoms with Gasteiger partial charge in [0.25, 0.3) is 0 Å². The van der Waals surface area contributed by atoms with Crippen LogP contribution in [0.2, 0.25) is 0 Å². The number of hydrogen-bond acceptors (Lipinski definition) is 0. The molecule has 3 aliphatic carbocycles. The van der Waals surface area contributed by atoms with Crippen molar-refractivity contribution in [3.05, 3.63) is 23.8 Å². The van der Waals surface area contributed by atoms with Crippen LogP contribution < -0.4 is 0 Å². The summed E-state index contributed by atoms with van der Waals surface area (Å²) in [6, 6.07) is 0. The first-order valence-corrected chi connectivity index (χ1v) is 7.83. The molecule has 0 amide bonds. The topological polar surface area (TPSA) is 0 Å². The molecule has 1 atom stereocenters. The van der Waals surface area contributed by atoms with E-state index in [-0.39, 0.29) is 0 Å². The van der Waals surface area contributed by atoms with Crippen molar-refractivity contribution in [2.75, 3.05) is 0 Å². The summed E-state index contributed by atoms with van der Waals surface area (Å²) in [5, 5.41) is 0. The molecule has 0 radical (unpaired) electrons. The van der Waals surface area contributed by atoms with Crippen molar-refractivity contribution in [3.8, 4) is 0 Å². The predicted molar refractivity (Wildman–Crippen MR) is 73.9 cm³/mol. The molecule has 1 unspecified atom stereocenters. The molecule has 3 aliphatic rings. The van der Waals surface area contributed by atoms with Crippen molar-refractivity contribution in [3.63, 3.8) is 0 Å². The highest BCUT2D eigenvalue weighted by molar-refractivity contribution is 5.30. The highest BCUT2D eigenvalue weighted by atomic mass is 14.4. The molecule has 94 valence electrons. The van der Waals surface area contributed by atoms with Gasteiger partial charge in [0.05, 0.1) is 0 Å². The van der Waals surface area contributed by atoms with Gasteiger partial charge in [-0.05, 0) is 37.5 Å². The monoisotopic (exact) mass is 230 g/mol. The van der Waals surface area contributed by atoms with Crippen LogP contribution in [0.15, 0.2) is 23.8 Å². The molecule has 0 heterocycles. The van der Waals surface area contributed by atoms with Gasteiger partial charge < -0.3 is 0 Å². The Kier molecular flexibility index (Phi) is 3.68. The average Bonchev–Trinajstić information content (AvgIpc) is 2.90. The quantitative estimate of drug-likeness (QED) is 0.607. The SMILES string of the molecule is C1=CC(C2CCCCC2)C(C2CCCCC2)=C1. The molecule has 0 spiro atoms. The van der Waals surface area contributed by atoms with Gasteiger partial charge in [0.2, 0.25) is 0 Å². The lowest BCUT2D eigenvalue weighted by atomic mass is 9.72. The predicted octanol–water partition coefficient (Wildman–Crippen LogP) is 5.26. The van der Waals surface area contributed by atoms with Gasteiger partial charge in [-0.25, -0.2) is 0 Å². The fraction of sp³-hybridized carbons (Fsp3) is 0.765. The van der Waals surface area contributed by atoms with Crippen LogP contribution in [0.25, 0.3) is 0 Å². The van der Waals surface area contributed by atoms with Gasteiger partial charge in [-0.2, -0.15) is 0 Å². The van der Waals surface area contributed by atoms with Gasteiger partial charge >= 0.3 is 0 Å². The first-order chi connectivity index (χ1) is 8.45. The Balaban J connectivity index is 1.67. The lowest BCUT2D eigenvalue weighted by molar-refractivity contribution is 0.284. The minimum absolute atomic E-state index is 0.832. The van der Waals surface area contributed by atoms with Crippen molar-refractivity contribution >= 4 is 0 Å². The van der Waals surface area contributed by atoms with Crippen LogP contribution in [0, 0.1) is 17.8 Å². The van der Waals surface area contributed by atoms with Crippen molar-refractivity contribution in [1.29, 1.82) is 0 Å². The van der Waals surface area contributed by atoms with Gasteiger partial charge in [-0.15, -0.1) is 0 Å². The minimum atomic E-state index is 0.832. The van der Waals surface area contributed by atoms with Gasteiger partial charge in [0.1, 0.15) is 0 Å². The second-order valence-electron chi connectivity index (χ2n) is 6.31. The van der Waals surface area contributed by atoms with E-state index >= 15 is 0 Å². The maximum Gasteiger partial charge on any atom is 0.00140 e. The molecule has 0 aromatic carbocycles.